The largest absolute Gasteiger partial charge is 0.457 e. The minimum atomic E-state index is -0.589. The Balaban J connectivity index is 1.92. The molecular formula is C14H8N2O5. The number of carbonyl (C=O) groups is 1. The highest BCUT2D eigenvalue weighted by Crippen LogP contribution is 2.31. The third-order valence-electron chi connectivity index (χ3n) is 2.83. The number of nitrogens with zero attached hydrogens (tertiary/aromatic N) is 2. The van der Waals surface area contributed by atoms with Crippen LogP contribution in [0.25, 0.3) is 11.0 Å². The van der Waals surface area contributed by atoms with Crippen LogP contribution in [0.15, 0.2) is 53.4 Å². The lowest BCUT2D eigenvalue weighted by Gasteiger charge is -2.03. The molecule has 0 amide bonds. The molecule has 0 bridgehead atoms. The van der Waals surface area contributed by atoms with E-state index in [1.807, 2.05) is 0 Å². The Bertz CT molecular complexity index is 826. The van der Waals surface area contributed by atoms with Crippen LogP contribution in [0.1, 0.15) is 10.4 Å². The molecule has 3 aromatic rings. The minimum absolute atomic E-state index is 0.177. The molecule has 0 fully saturated rings. The maximum Gasteiger partial charge on any atom is 0.345 e. The zero-order valence-corrected chi connectivity index (χ0v) is 10.6. The Morgan fingerprint density at radius 3 is 2.90 bits per heavy atom. The van der Waals surface area contributed by atoms with Crippen molar-refractivity contribution < 1.29 is 18.9 Å². The van der Waals surface area contributed by atoms with Crippen LogP contribution in [0.5, 0.6) is 5.75 Å². The smallest absolute Gasteiger partial charge is 0.345 e. The molecule has 0 atom stereocenters. The molecule has 21 heavy (non-hydrogen) atoms. The average Bonchev–Trinajstić information content (AvgIpc) is 2.91. The van der Waals surface area contributed by atoms with Crippen molar-refractivity contribution in [3.63, 3.8) is 0 Å². The second kappa shape index (κ2) is 5.04. The predicted octanol–water partition coefficient (Wildman–Crippen LogP) is 2.96. The van der Waals surface area contributed by atoms with Gasteiger partial charge in [0.2, 0.25) is 0 Å². The van der Waals surface area contributed by atoms with E-state index >= 15 is 0 Å². The van der Waals surface area contributed by atoms with Crippen LogP contribution in [-0.2, 0) is 0 Å². The average molecular weight is 284 g/mol. The van der Waals surface area contributed by atoms with E-state index in [-0.39, 0.29) is 16.8 Å². The van der Waals surface area contributed by atoms with E-state index in [0.717, 1.165) is 6.26 Å². The van der Waals surface area contributed by atoms with Crippen LogP contribution < -0.4 is 4.74 Å². The summed E-state index contributed by atoms with van der Waals surface area (Å²) >= 11 is 0. The van der Waals surface area contributed by atoms with Gasteiger partial charge < -0.3 is 9.15 Å². The summed E-state index contributed by atoms with van der Waals surface area (Å²) in [5.74, 6) is -0.394. The van der Waals surface area contributed by atoms with Crippen LogP contribution in [0.2, 0.25) is 0 Å². The number of esters is 1. The molecule has 2 heterocycles. The quantitative estimate of drug-likeness (QED) is 0.317. The second-order valence-electron chi connectivity index (χ2n) is 4.17. The number of ether oxygens (including phenoxy) is 1. The Morgan fingerprint density at radius 1 is 1.33 bits per heavy atom. The van der Waals surface area contributed by atoms with Gasteiger partial charge in [-0.1, -0.05) is 0 Å². The maximum atomic E-state index is 11.9. The highest BCUT2D eigenvalue weighted by atomic mass is 16.6. The van der Waals surface area contributed by atoms with Crippen LogP contribution >= 0.6 is 0 Å². The number of fused-ring (bicyclic) bond motifs is 1. The van der Waals surface area contributed by atoms with Crippen molar-refractivity contribution >= 4 is 22.6 Å². The number of hydrogen-bond donors (Lipinski definition) is 0. The molecule has 7 nitrogen and oxygen atoms in total. The summed E-state index contributed by atoms with van der Waals surface area (Å²) in [4.78, 5) is 26.0. The number of furan rings is 1. The van der Waals surface area contributed by atoms with Gasteiger partial charge in [-0.25, -0.2) is 4.79 Å². The molecule has 0 aliphatic carbocycles. The van der Waals surface area contributed by atoms with Gasteiger partial charge in [-0.3, -0.25) is 15.1 Å². The van der Waals surface area contributed by atoms with Crippen LogP contribution in [0.4, 0.5) is 5.69 Å². The molecule has 0 spiro atoms. The Morgan fingerprint density at radius 2 is 2.19 bits per heavy atom. The highest BCUT2D eigenvalue weighted by molar-refractivity contribution is 5.92. The van der Waals surface area contributed by atoms with E-state index in [1.54, 1.807) is 12.1 Å². The molecule has 0 saturated carbocycles. The van der Waals surface area contributed by atoms with Gasteiger partial charge in [-0.15, -0.1) is 0 Å². The van der Waals surface area contributed by atoms with E-state index < -0.39 is 10.9 Å². The summed E-state index contributed by atoms with van der Waals surface area (Å²) in [5.41, 5.74) is 0.464. The van der Waals surface area contributed by atoms with Crippen molar-refractivity contribution in [1.82, 2.24) is 4.98 Å². The number of benzene rings is 1. The molecular weight excluding hydrogens is 276 g/mol. The molecule has 0 saturated heterocycles. The lowest BCUT2D eigenvalue weighted by atomic mass is 10.2. The van der Waals surface area contributed by atoms with Gasteiger partial charge >= 0.3 is 11.7 Å². The SMILES string of the molecule is O=C(Oc1ccc2occ([N+](=O)[O-])c2c1)c1cccnc1. The molecule has 0 N–H and O–H groups in total. The van der Waals surface area contributed by atoms with Crippen molar-refractivity contribution in [3.05, 3.63) is 64.7 Å². The summed E-state index contributed by atoms with van der Waals surface area (Å²) in [6, 6.07) is 7.58. The zero-order valence-electron chi connectivity index (χ0n) is 10.6. The maximum absolute atomic E-state index is 11.9. The summed E-state index contributed by atoms with van der Waals surface area (Å²) in [5, 5.41) is 11.1. The molecule has 7 heteroatoms. The normalized spacial score (nSPS) is 10.5. The lowest BCUT2D eigenvalue weighted by Crippen LogP contribution is -2.08. The molecule has 2 aromatic heterocycles. The van der Waals surface area contributed by atoms with Crippen molar-refractivity contribution in [3.8, 4) is 5.75 Å². The number of hydrogen-bond acceptors (Lipinski definition) is 6. The van der Waals surface area contributed by atoms with Crippen molar-refractivity contribution in [1.29, 1.82) is 0 Å². The summed E-state index contributed by atoms with van der Waals surface area (Å²) in [6.45, 7) is 0. The molecule has 0 radical (unpaired) electrons. The first kappa shape index (κ1) is 12.8. The Hall–Kier alpha value is -3.22. The van der Waals surface area contributed by atoms with Gasteiger partial charge in [0.1, 0.15) is 16.7 Å². The predicted molar refractivity (Wildman–Crippen MR) is 72.1 cm³/mol. The van der Waals surface area contributed by atoms with Crippen LogP contribution in [0, 0.1) is 10.1 Å². The number of rotatable bonds is 3. The third-order valence-corrected chi connectivity index (χ3v) is 2.83. The summed E-state index contributed by atoms with van der Waals surface area (Å²) < 4.78 is 10.2. The van der Waals surface area contributed by atoms with E-state index in [1.165, 1.54) is 30.6 Å². The first-order chi connectivity index (χ1) is 10.1. The highest BCUT2D eigenvalue weighted by Gasteiger charge is 2.17. The third kappa shape index (κ3) is 2.44. The molecule has 3 rings (SSSR count). The monoisotopic (exact) mass is 284 g/mol. The van der Waals surface area contributed by atoms with Gasteiger partial charge in [0.05, 0.1) is 10.5 Å². The molecule has 0 aliphatic heterocycles. The van der Waals surface area contributed by atoms with Gasteiger partial charge in [-0.2, -0.15) is 0 Å². The number of pyridine rings is 1. The fourth-order valence-corrected chi connectivity index (χ4v) is 1.85. The first-order valence-electron chi connectivity index (χ1n) is 5.93. The fraction of sp³-hybridized carbons (Fsp3) is 0. The minimum Gasteiger partial charge on any atom is -0.457 e. The van der Waals surface area contributed by atoms with Crippen molar-refractivity contribution in [2.45, 2.75) is 0 Å². The zero-order chi connectivity index (χ0) is 14.8. The number of carbonyl (C=O) groups excluding carboxylic acids is 1. The molecule has 1 aromatic carbocycles. The van der Waals surface area contributed by atoms with Gasteiger partial charge in [0.15, 0.2) is 6.26 Å². The topological polar surface area (TPSA) is 95.5 Å². The fourth-order valence-electron chi connectivity index (χ4n) is 1.85. The van der Waals surface area contributed by atoms with Crippen LogP contribution in [-0.4, -0.2) is 15.9 Å². The molecule has 104 valence electrons. The Labute approximate surface area is 117 Å². The standard InChI is InChI=1S/C14H8N2O5/c17-14(9-2-1-5-15-7-9)21-10-3-4-13-11(6-10)12(8-20-13)16(18)19/h1-8H. The van der Waals surface area contributed by atoms with Gasteiger partial charge in [0.25, 0.3) is 0 Å². The lowest BCUT2D eigenvalue weighted by molar-refractivity contribution is -0.383. The summed E-state index contributed by atoms with van der Waals surface area (Å²) in [6.07, 6.45) is 3.97. The van der Waals surface area contributed by atoms with Crippen molar-refractivity contribution in [2.24, 2.45) is 0 Å². The van der Waals surface area contributed by atoms with Crippen molar-refractivity contribution in [2.75, 3.05) is 0 Å². The van der Waals surface area contributed by atoms with Crippen LogP contribution in [0.3, 0.4) is 0 Å². The van der Waals surface area contributed by atoms with Gasteiger partial charge in [-0.05, 0) is 30.3 Å². The Kier molecular flexibility index (Phi) is 3.07. The number of aromatic nitrogens is 1. The summed E-state index contributed by atoms with van der Waals surface area (Å²) in [7, 11) is 0. The first-order valence-corrected chi connectivity index (χ1v) is 5.93. The van der Waals surface area contributed by atoms with E-state index in [2.05, 4.69) is 4.98 Å². The van der Waals surface area contributed by atoms with Gasteiger partial charge in [0, 0.05) is 12.4 Å². The number of nitro groups is 1. The van der Waals surface area contributed by atoms with E-state index in [0.29, 0.717) is 11.1 Å². The molecule has 0 aliphatic rings. The second-order valence-corrected chi connectivity index (χ2v) is 4.17. The molecule has 0 unspecified atom stereocenters. The van der Waals surface area contributed by atoms with E-state index in [9.17, 15) is 14.9 Å². The van der Waals surface area contributed by atoms with E-state index in [4.69, 9.17) is 9.15 Å².